The number of halogens is 1. The monoisotopic (exact) mass is 457 g/mol. The molecule has 1 aliphatic heterocycles. The first-order valence-electron chi connectivity index (χ1n) is 8.40. The van der Waals surface area contributed by atoms with Gasteiger partial charge in [0, 0.05) is 0 Å². The molecule has 1 fully saturated rings. The number of thioether (sulfide) groups is 1. The normalized spacial score (nSPS) is 15.0. The minimum atomic E-state index is -0.358. The van der Waals surface area contributed by atoms with Crippen molar-refractivity contribution in [3.8, 4) is 23.8 Å². The van der Waals surface area contributed by atoms with Crippen molar-refractivity contribution in [2.75, 3.05) is 18.1 Å². The van der Waals surface area contributed by atoms with Gasteiger partial charge < -0.3 is 9.47 Å². The molecule has 0 spiro atoms. The molecule has 0 aliphatic carbocycles. The van der Waals surface area contributed by atoms with Crippen LogP contribution in [0.2, 0.25) is 0 Å². The van der Waals surface area contributed by atoms with Gasteiger partial charge in [-0.05, 0) is 70.5 Å². The van der Waals surface area contributed by atoms with Gasteiger partial charge in [0.1, 0.15) is 6.61 Å². The number of carbonyl (C=O) groups is 2. The van der Waals surface area contributed by atoms with E-state index in [0.29, 0.717) is 38.7 Å². The topological polar surface area (TPSA) is 55.8 Å². The van der Waals surface area contributed by atoms with E-state index >= 15 is 0 Å². The summed E-state index contributed by atoms with van der Waals surface area (Å²) in [5.74, 6) is 3.05. The number of para-hydroxylation sites is 1. The lowest BCUT2D eigenvalue weighted by Crippen LogP contribution is -2.27. The van der Waals surface area contributed by atoms with Crippen molar-refractivity contribution in [2.45, 2.75) is 6.92 Å². The molecule has 0 atom stereocenters. The van der Waals surface area contributed by atoms with Gasteiger partial charge in [0.15, 0.2) is 11.5 Å². The number of carbonyl (C=O) groups excluding carboxylic acids is 2. The lowest BCUT2D eigenvalue weighted by molar-refractivity contribution is -0.113. The number of terminal acetylenes is 1. The molecule has 0 unspecified atom stereocenters. The second-order valence-corrected chi connectivity index (χ2v) is 7.46. The standard InChI is InChI=1S/C21H16BrNO4S/c1-3-10-27-19-16(22)11-14(12-17(19)26-4-2)13-18-20(24)23(21(25)28-18)15-8-6-5-7-9-15/h1,5-9,11-13H,4,10H2,2H3/b18-13-. The molecular formula is C21H16BrNO4S. The Hall–Kier alpha value is -2.69. The average Bonchev–Trinajstić information content (AvgIpc) is 2.95. The maximum Gasteiger partial charge on any atom is 0.298 e. The van der Waals surface area contributed by atoms with Crippen molar-refractivity contribution < 1.29 is 19.1 Å². The fourth-order valence-corrected chi connectivity index (χ4v) is 4.02. The number of anilines is 1. The Morgan fingerprint density at radius 2 is 1.96 bits per heavy atom. The summed E-state index contributed by atoms with van der Waals surface area (Å²) in [4.78, 5) is 26.6. The largest absolute Gasteiger partial charge is 0.490 e. The van der Waals surface area contributed by atoms with Crippen LogP contribution in [0.15, 0.2) is 51.8 Å². The Morgan fingerprint density at radius 3 is 2.64 bits per heavy atom. The van der Waals surface area contributed by atoms with Crippen LogP contribution >= 0.6 is 27.7 Å². The molecule has 5 nitrogen and oxygen atoms in total. The van der Waals surface area contributed by atoms with Gasteiger partial charge in [0.2, 0.25) is 0 Å². The van der Waals surface area contributed by atoms with E-state index in [1.54, 1.807) is 42.5 Å². The highest BCUT2D eigenvalue weighted by Gasteiger charge is 2.36. The molecule has 0 saturated carbocycles. The SMILES string of the molecule is C#CCOc1c(Br)cc(/C=C2\SC(=O)N(c3ccccc3)C2=O)cc1OCC. The summed E-state index contributed by atoms with van der Waals surface area (Å²) in [7, 11) is 0. The number of rotatable bonds is 6. The van der Waals surface area contributed by atoms with Crippen LogP contribution in [0, 0.1) is 12.3 Å². The maximum atomic E-state index is 12.8. The van der Waals surface area contributed by atoms with Crippen LogP contribution in [0.5, 0.6) is 11.5 Å². The summed E-state index contributed by atoms with van der Waals surface area (Å²) < 4.78 is 11.8. The summed E-state index contributed by atoms with van der Waals surface area (Å²) in [5, 5.41) is -0.333. The number of ether oxygens (including phenoxy) is 2. The molecule has 142 valence electrons. The first kappa shape index (κ1) is 20.1. The minimum absolute atomic E-state index is 0.105. The van der Waals surface area contributed by atoms with E-state index in [2.05, 4.69) is 21.9 Å². The zero-order valence-electron chi connectivity index (χ0n) is 15.0. The highest BCUT2D eigenvalue weighted by atomic mass is 79.9. The molecule has 2 aromatic carbocycles. The number of hydrogen-bond donors (Lipinski definition) is 0. The van der Waals surface area contributed by atoms with Crippen molar-refractivity contribution in [1.29, 1.82) is 0 Å². The van der Waals surface area contributed by atoms with Crippen molar-refractivity contribution in [3.05, 3.63) is 57.4 Å². The smallest absolute Gasteiger partial charge is 0.298 e. The molecule has 2 amide bonds. The summed E-state index contributed by atoms with van der Waals surface area (Å²) in [5.41, 5.74) is 1.24. The zero-order chi connectivity index (χ0) is 20.1. The third kappa shape index (κ3) is 4.24. The molecule has 0 N–H and O–H groups in total. The van der Waals surface area contributed by atoms with Crippen LogP contribution in [0.4, 0.5) is 10.5 Å². The van der Waals surface area contributed by atoms with Gasteiger partial charge in [-0.15, -0.1) is 6.42 Å². The van der Waals surface area contributed by atoms with Gasteiger partial charge in [-0.25, -0.2) is 4.90 Å². The number of imide groups is 1. The quantitative estimate of drug-likeness (QED) is 0.445. The van der Waals surface area contributed by atoms with Gasteiger partial charge in [0.05, 0.1) is 21.7 Å². The van der Waals surface area contributed by atoms with E-state index < -0.39 is 0 Å². The Labute approximate surface area is 175 Å². The fourth-order valence-electron chi connectivity index (χ4n) is 2.61. The van der Waals surface area contributed by atoms with Gasteiger partial charge >= 0.3 is 0 Å². The van der Waals surface area contributed by atoms with E-state index in [0.717, 1.165) is 11.8 Å². The van der Waals surface area contributed by atoms with E-state index in [9.17, 15) is 9.59 Å². The molecule has 2 aromatic rings. The van der Waals surface area contributed by atoms with Gasteiger partial charge in [-0.1, -0.05) is 24.1 Å². The zero-order valence-corrected chi connectivity index (χ0v) is 17.4. The molecule has 1 saturated heterocycles. The Kier molecular flexibility index (Phi) is 6.45. The summed E-state index contributed by atoms with van der Waals surface area (Å²) >= 11 is 4.35. The van der Waals surface area contributed by atoms with Crippen LogP contribution in [0.3, 0.4) is 0 Å². The Balaban J connectivity index is 1.94. The lowest BCUT2D eigenvalue weighted by atomic mass is 10.1. The highest BCUT2D eigenvalue weighted by Crippen LogP contribution is 2.40. The van der Waals surface area contributed by atoms with Crippen molar-refractivity contribution in [1.82, 2.24) is 0 Å². The minimum Gasteiger partial charge on any atom is -0.490 e. The lowest BCUT2D eigenvalue weighted by Gasteiger charge is -2.13. The van der Waals surface area contributed by atoms with Crippen LogP contribution in [0.1, 0.15) is 12.5 Å². The molecule has 1 aliphatic rings. The van der Waals surface area contributed by atoms with Crippen molar-refractivity contribution in [3.63, 3.8) is 0 Å². The Bertz CT molecular complexity index is 982. The van der Waals surface area contributed by atoms with Crippen LogP contribution in [-0.2, 0) is 4.79 Å². The third-order valence-corrected chi connectivity index (χ3v) is 5.20. The fraction of sp³-hybridized carbons (Fsp3) is 0.143. The molecule has 28 heavy (non-hydrogen) atoms. The molecule has 7 heteroatoms. The van der Waals surface area contributed by atoms with E-state index in [4.69, 9.17) is 15.9 Å². The van der Waals surface area contributed by atoms with Gasteiger partial charge in [-0.2, -0.15) is 0 Å². The second-order valence-electron chi connectivity index (χ2n) is 5.61. The van der Waals surface area contributed by atoms with Crippen molar-refractivity contribution >= 4 is 50.6 Å². The summed E-state index contributed by atoms with van der Waals surface area (Å²) in [6, 6.07) is 12.4. The van der Waals surface area contributed by atoms with Crippen LogP contribution < -0.4 is 14.4 Å². The first-order valence-corrected chi connectivity index (χ1v) is 10.0. The molecule has 1 heterocycles. The number of nitrogens with zero attached hydrogens (tertiary/aromatic N) is 1. The van der Waals surface area contributed by atoms with Crippen molar-refractivity contribution in [2.24, 2.45) is 0 Å². The highest BCUT2D eigenvalue weighted by molar-refractivity contribution is 9.10. The summed E-state index contributed by atoms with van der Waals surface area (Å²) in [6.07, 6.45) is 6.92. The average molecular weight is 458 g/mol. The predicted molar refractivity (Wildman–Crippen MR) is 115 cm³/mol. The third-order valence-electron chi connectivity index (χ3n) is 3.74. The van der Waals surface area contributed by atoms with E-state index in [-0.39, 0.29) is 17.8 Å². The van der Waals surface area contributed by atoms with Crippen LogP contribution in [-0.4, -0.2) is 24.4 Å². The van der Waals surface area contributed by atoms with Gasteiger partial charge in [0.25, 0.3) is 11.1 Å². The first-order chi connectivity index (χ1) is 13.5. The maximum absolute atomic E-state index is 12.8. The predicted octanol–water partition coefficient (Wildman–Crippen LogP) is 5.10. The molecule has 0 radical (unpaired) electrons. The Morgan fingerprint density at radius 1 is 1.21 bits per heavy atom. The number of amides is 2. The van der Waals surface area contributed by atoms with Gasteiger partial charge in [-0.3, -0.25) is 9.59 Å². The second kappa shape index (κ2) is 9.00. The number of benzene rings is 2. The van der Waals surface area contributed by atoms with E-state index in [1.807, 2.05) is 13.0 Å². The molecular weight excluding hydrogens is 442 g/mol. The van der Waals surface area contributed by atoms with Crippen LogP contribution in [0.25, 0.3) is 6.08 Å². The molecule has 0 aromatic heterocycles. The number of hydrogen-bond acceptors (Lipinski definition) is 5. The molecule has 3 rings (SSSR count). The summed E-state index contributed by atoms with van der Waals surface area (Å²) in [6.45, 7) is 2.40. The van der Waals surface area contributed by atoms with E-state index in [1.165, 1.54) is 4.90 Å². The molecule has 0 bridgehead atoms.